The summed E-state index contributed by atoms with van der Waals surface area (Å²) in [6.45, 7) is 4.40. The molecule has 0 atom stereocenters. The van der Waals surface area contributed by atoms with Crippen molar-refractivity contribution >= 4 is 32.1 Å². The first kappa shape index (κ1) is 17.1. The molecule has 0 unspecified atom stereocenters. The highest BCUT2D eigenvalue weighted by Crippen LogP contribution is 2.46. The summed E-state index contributed by atoms with van der Waals surface area (Å²) in [5.41, 5.74) is 4.20. The van der Waals surface area contributed by atoms with Gasteiger partial charge in [-0.25, -0.2) is 4.99 Å². The molecule has 0 saturated heterocycles. The molecule has 3 aromatic rings. The van der Waals surface area contributed by atoms with E-state index in [0.29, 0.717) is 0 Å². The molecule has 1 aliphatic heterocycles. The number of fused-ring (bicyclic) bond motifs is 3. The minimum atomic E-state index is -0.155. The van der Waals surface area contributed by atoms with Gasteiger partial charge in [-0.1, -0.05) is 26.7 Å². The van der Waals surface area contributed by atoms with Gasteiger partial charge in [-0.2, -0.15) is 0 Å². The Hall–Kier alpha value is -2.31. The molecule has 0 amide bonds. The SMILES string of the molecule is COc1cccc(N=c2ssc3c2-c2ccc(OC)cc2NC3(C)C)c1. The van der Waals surface area contributed by atoms with Gasteiger partial charge in [0, 0.05) is 28.9 Å². The van der Waals surface area contributed by atoms with E-state index in [4.69, 9.17) is 14.5 Å². The minimum Gasteiger partial charge on any atom is -0.497 e. The van der Waals surface area contributed by atoms with Crippen LogP contribution in [0, 0.1) is 0 Å². The second kappa shape index (κ2) is 6.45. The van der Waals surface area contributed by atoms with E-state index >= 15 is 0 Å². The van der Waals surface area contributed by atoms with Gasteiger partial charge in [0.2, 0.25) is 0 Å². The number of methoxy groups -OCH3 is 2. The predicted molar refractivity (Wildman–Crippen MR) is 109 cm³/mol. The lowest BCUT2D eigenvalue weighted by atomic mass is 9.90. The van der Waals surface area contributed by atoms with Crippen LogP contribution in [0.3, 0.4) is 0 Å². The van der Waals surface area contributed by atoms with Gasteiger partial charge in [0.15, 0.2) is 0 Å². The molecule has 0 fully saturated rings. The lowest BCUT2D eigenvalue weighted by Crippen LogP contribution is -2.31. The van der Waals surface area contributed by atoms with Crippen LogP contribution in [0.15, 0.2) is 47.5 Å². The zero-order valence-electron chi connectivity index (χ0n) is 15.1. The number of hydrogen-bond acceptors (Lipinski definition) is 6. The van der Waals surface area contributed by atoms with Gasteiger partial charge >= 0.3 is 0 Å². The van der Waals surface area contributed by atoms with Gasteiger partial charge in [0.05, 0.1) is 30.3 Å². The highest BCUT2D eigenvalue weighted by Gasteiger charge is 2.33. The molecule has 0 aliphatic carbocycles. The number of rotatable bonds is 3. The van der Waals surface area contributed by atoms with Crippen LogP contribution >= 0.6 is 20.7 Å². The lowest BCUT2D eigenvalue weighted by molar-refractivity contribution is 0.414. The van der Waals surface area contributed by atoms with E-state index in [-0.39, 0.29) is 5.54 Å². The fraction of sp³-hybridized carbons (Fsp3) is 0.250. The van der Waals surface area contributed by atoms with E-state index in [2.05, 4.69) is 31.3 Å². The van der Waals surface area contributed by atoms with Crippen LogP contribution in [0.4, 0.5) is 11.4 Å². The zero-order valence-corrected chi connectivity index (χ0v) is 16.8. The van der Waals surface area contributed by atoms with Gasteiger partial charge in [-0.05, 0) is 38.1 Å². The Morgan fingerprint density at radius 3 is 2.50 bits per heavy atom. The zero-order chi connectivity index (χ0) is 18.3. The number of hydrogen-bond donors (Lipinski definition) is 1. The van der Waals surface area contributed by atoms with Crippen LogP contribution < -0.4 is 19.5 Å². The Balaban J connectivity index is 1.93. The summed E-state index contributed by atoms with van der Waals surface area (Å²) in [5.74, 6) is 1.66. The van der Waals surface area contributed by atoms with Gasteiger partial charge in [-0.15, -0.1) is 0 Å². The monoisotopic (exact) mass is 384 g/mol. The van der Waals surface area contributed by atoms with Gasteiger partial charge < -0.3 is 14.8 Å². The van der Waals surface area contributed by atoms with E-state index in [0.717, 1.165) is 27.5 Å². The Morgan fingerprint density at radius 1 is 0.962 bits per heavy atom. The quantitative estimate of drug-likeness (QED) is 0.616. The average molecular weight is 385 g/mol. The Kier molecular flexibility index (Phi) is 4.25. The van der Waals surface area contributed by atoms with Crippen LogP contribution in [0.1, 0.15) is 18.7 Å². The molecule has 6 heteroatoms. The fourth-order valence-corrected chi connectivity index (χ4v) is 6.09. The summed E-state index contributed by atoms with van der Waals surface area (Å²) in [7, 11) is 6.86. The van der Waals surface area contributed by atoms with Crippen molar-refractivity contribution in [3.05, 3.63) is 52.0 Å². The van der Waals surface area contributed by atoms with Crippen molar-refractivity contribution in [1.82, 2.24) is 0 Å². The molecule has 26 heavy (non-hydrogen) atoms. The number of benzene rings is 2. The Morgan fingerprint density at radius 2 is 1.73 bits per heavy atom. The number of nitrogens with zero attached hydrogens (tertiary/aromatic N) is 1. The molecular formula is C20H20N2O2S2. The molecule has 134 valence electrons. The molecule has 0 spiro atoms. The molecule has 4 nitrogen and oxygen atoms in total. The Bertz CT molecular complexity index is 1030. The topological polar surface area (TPSA) is 42.9 Å². The van der Waals surface area contributed by atoms with Crippen molar-refractivity contribution < 1.29 is 9.47 Å². The normalized spacial score (nSPS) is 15.0. The van der Waals surface area contributed by atoms with Gasteiger partial charge in [0.25, 0.3) is 0 Å². The third-order valence-corrected chi connectivity index (χ3v) is 7.08. The van der Waals surface area contributed by atoms with Crippen LogP contribution in [-0.2, 0) is 5.54 Å². The summed E-state index contributed by atoms with van der Waals surface area (Å²) in [4.78, 5) is 6.23. The largest absolute Gasteiger partial charge is 0.497 e. The number of anilines is 1. The first-order valence-corrected chi connectivity index (χ1v) is 10.5. The second-order valence-corrected chi connectivity index (χ2v) is 8.78. The van der Waals surface area contributed by atoms with Crippen molar-refractivity contribution in [3.8, 4) is 22.6 Å². The molecule has 0 saturated carbocycles. The molecule has 2 heterocycles. The van der Waals surface area contributed by atoms with Crippen molar-refractivity contribution in [1.29, 1.82) is 0 Å². The van der Waals surface area contributed by atoms with E-state index in [1.54, 1.807) is 34.9 Å². The summed E-state index contributed by atoms with van der Waals surface area (Å²) in [5, 5.41) is 3.64. The summed E-state index contributed by atoms with van der Waals surface area (Å²) in [6.07, 6.45) is 0. The third kappa shape index (κ3) is 2.89. The maximum atomic E-state index is 5.40. The van der Waals surface area contributed by atoms with Crippen molar-refractivity contribution in [3.63, 3.8) is 0 Å². The average Bonchev–Trinajstić information content (AvgIpc) is 3.06. The highest BCUT2D eigenvalue weighted by atomic mass is 32.9. The van der Waals surface area contributed by atoms with Crippen LogP contribution in [0.25, 0.3) is 11.1 Å². The molecule has 1 N–H and O–H groups in total. The smallest absolute Gasteiger partial charge is 0.135 e. The van der Waals surface area contributed by atoms with E-state index in [9.17, 15) is 0 Å². The fourth-order valence-electron chi connectivity index (χ4n) is 3.15. The standard InChI is InChI=1S/C20H20N2O2S2/c1-20(2)18-17(15-9-8-14(24-4)11-16(15)22-20)19(26-25-18)21-12-6-5-7-13(10-12)23-3/h5-11,22H,1-4H3. The van der Waals surface area contributed by atoms with Crippen LogP contribution in [-0.4, -0.2) is 14.2 Å². The predicted octanol–water partition coefficient (Wildman–Crippen LogP) is 5.39. The van der Waals surface area contributed by atoms with Gasteiger partial charge in [0.1, 0.15) is 16.2 Å². The van der Waals surface area contributed by atoms with E-state index < -0.39 is 0 Å². The first-order valence-electron chi connectivity index (χ1n) is 8.31. The maximum absolute atomic E-state index is 5.40. The summed E-state index contributed by atoms with van der Waals surface area (Å²) < 4.78 is 11.7. The van der Waals surface area contributed by atoms with Crippen molar-refractivity contribution in [2.45, 2.75) is 19.4 Å². The number of ether oxygens (including phenoxy) is 2. The molecule has 1 aliphatic rings. The third-order valence-electron chi connectivity index (χ3n) is 4.44. The van der Waals surface area contributed by atoms with Crippen LogP contribution in [0.5, 0.6) is 11.5 Å². The van der Waals surface area contributed by atoms with Crippen LogP contribution in [0.2, 0.25) is 0 Å². The molecule has 2 aromatic carbocycles. The maximum Gasteiger partial charge on any atom is 0.135 e. The molecule has 0 bridgehead atoms. The summed E-state index contributed by atoms with van der Waals surface area (Å²) >= 11 is 0. The lowest BCUT2D eigenvalue weighted by Gasteiger charge is -2.33. The van der Waals surface area contributed by atoms with Crippen molar-refractivity contribution in [2.24, 2.45) is 4.99 Å². The van der Waals surface area contributed by atoms with E-state index in [1.165, 1.54) is 16.0 Å². The number of nitrogens with one attached hydrogen (secondary N) is 1. The second-order valence-electron chi connectivity index (χ2n) is 6.65. The molecule has 1 aromatic heterocycles. The van der Waals surface area contributed by atoms with Gasteiger partial charge in [-0.3, -0.25) is 0 Å². The molecule has 4 rings (SSSR count). The van der Waals surface area contributed by atoms with Crippen molar-refractivity contribution in [2.75, 3.05) is 19.5 Å². The first-order chi connectivity index (χ1) is 12.5. The highest BCUT2D eigenvalue weighted by molar-refractivity contribution is 7.68. The summed E-state index contributed by atoms with van der Waals surface area (Å²) in [6, 6.07) is 14.0. The molecular weight excluding hydrogens is 364 g/mol. The Labute approximate surface area is 160 Å². The minimum absolute atomic E-state index is 0.155. The van der Waals surface area contributed by atoms with E-state index in [1.807, 2.05) is 30.3 Å². The molecule has 0 radical (unpaired) electrons.